The van der Waals surface area contributed by atoms with E-state index in [1.54, 1.807) is 10.6 Å². The van der Waals surface area contributed by atoms with E-state index in [0.717, 1.165) is 37.7 Å². The summed E-state index contributed by atoms with van der Waals surface area (Å²) in [7, 11) is 0. The fraction of sp³-hybridized carbons (Fsp3) is 0.412. The van der Waals surface area contributed by atoms with Gasteiger partial charge in [-0.1, -0.05) is 0 Å². The fourth-order valence-electron chi connectivity index (χ4n) is 3.58. The van der Waals surface area contributed by atoms with Crippen molar-refractivity contribution in [3.05, 3.63) is 51.7 Å². The summed E-state index contributed by atoms with van der Waals surface area (Å²) < 4.78 is 41.6. The third kappa shape index (κ3) is 2.85. The summed E-state index contributed by atoms with van der Waals surface area (Å²) in [5, 5.41) is 2.83. The van der Waals surface area contributed by atoms with E-state index < -0.39 is 17.5 Å². The molecule has 3 heterocycles. The summed E-state index contributed by atoms with van der Waals surface area (Å²) in [4.78, 5) is 18.4. The molecule has 25 heavy (non-hydrogen) atoms. The van der Waals surface area contributed by atoms with Crippen LogP contribution < -0.4 is 15.9 Å². The van der Waals surface area contributed by atoms with Crippen LogP contribution in [0.3, 0.4) is 0 Å². The summed E-state index contributed by atoms with van der Waals surface area (Å²) in [5.41, 5.74) is -0.391. The van der Waals surface area contributed by atoms with Gasteiger partial charge in [0.25, 0.3) is 0 Å². The molecule has 0 amide bonds. The largest absolute Gasteiger partial charge is 0.366 e. The van der Waals surface area contributed by atoms with Crippen LogP contribution >= 0.6 is 0 Å². The van der Waals surface area contributed by atoms with E-state index in [1.165, 1.54) is 0 Å². The molecule has 0 bridgehead atoms. The molecule has 0 spiro atoms. The number of anilines is 2. The second-order valence-electron chi connectivity index (χ2n) is 6.45. The number of benzene rings is 1. The van der Waals surface area contributed by atoms with Gasteiger partial charge in [0.05, 0.1) is 0 Å². The highest BCUT2D eigenvalue weighted by molar-refractivity contribution is 5.53. The molecule has 2 aromatic rings. The number of hydrogen-bond acceptors (Lipinski definition) is 4. The maximum atomic E-state index is 13.7. The molecule has 0 saturated carbocycles. The minimum absolute atomic E-state index is 0.0304. The van der Waals surface area contributed by atoms with Crippen LogP contribution in [0.1, 0.15) is 24.8 Å². The number of nitrogens with zero attached hydrogens (tertiary/aromatic N) is 3. The summed E-state index contributed by atoms with van der Waals surface area (Å²) in [6.45, 7) is 1.44. The summed E-state index contributed by atoms with van der Waals surface area (Å²) >= 11 is 0. The molecule has 5 nitrogen and oxygen atoms in total. The van der Waals surface area contributed by atoms with Crippen molar-refractivity contribution in [1.29, 1.82) is 0 Å². The van der Waals surface area contributed by atoms with Crippen LogP contribution in [0.15, 0.2) is 23.0 Å². The van der Waals surface area contributed by atoms with Gasteiger partial charge in [0, 0.05) is 43.4 Å². The molecule has 4 rings (SSSR count). The van der Waals surface area contributed by atoms with Gasteiger partial charge in [0.1, 0.15) is 17.5 Å². The van der Waals surface area contributed by atoms with Gasteiger partial charge in [0.2, 0.25) is 0 Å². The first-order valence-corrected chi connectivity index (χ1v) is 8.29. The Labute approximate surface area is 142 Å². The molecule has 1 fully saturated rings. The Morgan fingerprint density at radius 2 is 1.92 bits per heavy atom. The third-order valence-corrected chi connectivity index (χ3v) is 4.85. The minimum Gasteiger partial charge on any atom is -0.366 e. The van der Waals surface area contributed by atoms with Crippen LogP contribution in [0, 0.1) is 17.5 Å². The lowest BCUT2D eigenvalue weighted by Crippen LogP contribution is -2.36. The van der Waals surface area contributed by atoms with Crippen LogP contribution in [0.5, 0.6) is 0 Å². The van der Waals surface area contributed by atoms with Crippen molar-refractivity contribution in [2.24, 2.45) is 0 Å². The van der Waals surface area contributed by atoms with Crippen LogP contribution in [-0.4, -0.2) is 22.1 Å². The van der Waals surface area contributed by atoms with Crippen molar-refractivity contribution in [2.45, 2.75) is 38.4 Å². The molecule has 8 heteroatoms. The Kier molecular flexibility index (Phi) is 3.89. The summed E-state index contributed by atoms with van der Waals surface area (Å²) in [6, 6.07) is 3.39. The highest BCUT2D eigenvalue weighted by Crippen LogP contribution is 2.31. The smallest absolute Gasteiger partial charge is 0.351 e. The SMILES string of the molecule is O=c1nc(NCc2cc(F)c(F)cc2F)cc2n1CC1CCCCN21. The van der Waals surface area contributed by atoms with Crippen LogP contribution in [0.4, 0.5) is 24.8 Å². The molecular weight excluding hydrogens is 333 g/mol. The van der Waals surface area contributed by atoms with Gasteiger partial charge in [-0.05, 0) is 25.3 Å². The van der Waals surface area contributed by atoms with E-state index in [1.807, 2.05) is 0 Å². The fourth-order valence-corrected chi connectivity index (χ4v) is 3.58. The Hall–Kier alpha value is -2.51. The lowest BCUT2D eigenvalue weighted by atomic mass is 10.0. The lowest BCUT2D eigenvalue weighted by molar-refractivity contribution is 0.458. The predicted molar refractivity (Wildman–Crippen MR) is 87.1 cm³/mol. The summed E-state index contributed by atoms with van der Waals surface area (Å²) in [5.74, 6) is -2.09. The zero-order chi connectivity index (χ0) is 17.6. The van der Waals surface area contributed by atoms with Gasteiger partial charge in [-0.25, -0.2) is 18.0 Å². The minimum atomic E-state index is -1.23. The molecule has 1 saturated heterocycles. The third-order valence-electron chi connectivity index (χ3n) is 4.85. The van der Waals surface area contributed by atoms with Crippen molar-refractivity contribution >= 4 is 11.6 Å². The maximum absolute atomic E-state index is 13.7. The molecule has 0 aliphatic carbocycles. The first kappa shape index (κ1) is 16.0. The van der Waals surface area contributed by atoms with Gasteiger partial charge in [-0.2, -0.15) is 4.98 Å². The zero-order valence-electron chi connectivity index (χ0n) is 13.4. The molecular formula is C17H17F3N4O. The second-order valence-corrected chi connectivity index (χ2v) is 6.45. The topological polar surface area (TPSA) is 50.2 Å². The predicted octanol–water partition coefficient (Wildman–Crippen LogP) is 2.65. The van der Waals surface area contributed by atoms with E-state index in [0.29, 0.717) is 24.5 Å². The number of rotatable bonds is 3. The standard InChI is InChI=1S/C17H17F3N4O/c18-12-6-14(20)13(19)5-10(12)8-21-15-7-16-23-4-2-1-3-11(23)9-24(16)17(25)22-15/h5-7,11H,1-4,8-9H2,(H,21,22,25). The highest BCUT2D eigenvalue weighted by Gasteiger charge is 2.32. The van der Waals surface area contributed by atoms with E-state index >= 15 is 0 Å². The molecule has 2 aliphatic rings. The van der Waals surface area contributed by atoms with Crippen molar-refractivity contribution in [3.63, 3.8) is 0 Å². The second kappa shape index (κ2) is 6.09. The number of halogens is 3. The average molecular weight is 350 g/mol. The van der Waals surface area contributed by atoms with Gasteiger partial charge in [-0.3, -0.25) is 4.57 Å². The molecule has 1 atom stereocenters. The van der Waals surface area contributed by atoms with Gasteiger partial charge in [0.15, 0.2) is 11.6 Å². The molecule has 1 unspecified atom stereocenters. The molecule has 2 aliphatic heterocycles. The monoisotopic (exact) mass is 350 g/mol. The number of nitrogens with one attached hydrogen (secondary N) is 1. The van der Waals surface area contributed by atoms with E-state index in [9.17, 15) is 18.0 Å². The van der Waals surface area contributed by atoms with Gasteiger partial charge >= 0.3 is 5.69 Å². The van der Waals surface area contributed by atoms with Crippen LogP contribution in [-0.2, 0) is 13.1 Å². The van der Waals surface area contributed by atoms with Crippen LogP contribution in [0.25, 0.3) is 0 Å². The van der Waals surface area contributed by atoms with Crippen molar-refractivity contribution in [1.82, 2.24) is 9.55 Å². The Morgan fingerprint density at radius 3 is 2.76 bits per heavy atom. The van der Waals surface area contributed by atoms with Crippen molar-refractivity contribution < 1.29 is 13.2 Å². The highest BCUT2D eigenvalue weighted by atomic mass is 19.2. The van der Waals surface area contributed by atoms with Gasteiger partial charge in [-0.15, -0.1) is 0 Å². The quantitative estimate of drug-likeness (QED) is 0.865. The molecule has 0 radical (unpaired) electrons. The normalized spacial score (nSPS) is 18.8. The summed E-state index contributed by atoms with van der Waals surface area (Å²) in [6.07, 6.45) is 3.28. The molecule has 1 aromatic carbocycles. The van der Waals surface area contributed by atoms with E-state index in [-0.39, 0.29) is 17.8 Å². The van der Waals surface area contributed by atoms with E-state index in [4.69, 9.17) is 0 Å². The molecule has 132 valence electrons. The number of aromatic nitrogens is 2. The Morgan fingerprint density at radius 1 is 1.12 bits per heavy atom. The van der Waals surface area contributed by atoms with Crippen molar-refractivity contribution in [2.75, 3.05) is 16.8 Å². The Bertz CT molecular complexity index is 883. The maximum Gasteiger partial charge on any atom is 0.351 e. The lowest BCUT2D eigenvalue weighted by Gasteiger charge is -2.30. The number of piperidine rings is 1. The number of hydrogen-bond donors (Lipinski definition) is 1. The first-order chi connectivity index (χ1) is 12.0. The van der Waals surface area contributed by atoms with Crippen LogP contribution in [0.2, 0.25) is 0 Å². The zero-order valence-corrected chi connectivity index (χ0v) is 13.4. The Balaban J connectivity index is 1.58. The number of fused-ring (bicyclic) bond motifs is 3. The van der Waals surface area contributed by atoms with E-state index in [2.05, 4.69) is 15.2 Å². The van der Waals surface area contributed by atoms with Crippen molar-refractivity contribution in [3.8, 4) is 0 Å². The molecule has 1 aromatic heterocycles. The molecule has 1 N–H and O–H groups in total. The first-order valence-electron chi connectivity index (χ1n) is 8.29. The van der Waals surface area contributed by atoms with Gasteiger partial charge < -0.3 is 10.2 Å². The average Bonchev–Trinajstić information content (AvgIpc) is 2.96.